The van der Waals surface area contributed by atoms with Crippen molar-refractivity contribution in [2.45, 2.75) is 19.9 Å². The second kappa shape index (κ2) is 6.12. The summed E-state index contributed by atoms with van der Waals surface area (Å²) in [5.74, 6) is -0.145. The van der Waals surface area contributed by atoms with Crippen LogP contribution in [0.25, 0.3) is 0 Å². The molecule has 0 unspecified atom stereocenters. The Kier molecular flexibility index (Phi) is 5.05. The molecule has 0 aliphatic carbocycles. The number of halogens is 2. The maximum Gasteiger partial charge on any atom is 0.254 e. The number of hydrogen-bond acceptors (Lipinski definition) is 2. The van der Waals surface area contributed by atoms with E-state index in [0.29, 0.717) is 12.1 Å². The number of nitrogens with zero attached hydrogens (tertiary/aromatic N) is 1. The lowest BCUT2D eigenvalue weighted by Gasteiger charge is -2.25. The Morgan fingerprint density at radius 3 is 2.33 bits per heavy atom. The van der Waals surface area contributed by atoms with Crippen molar-refractivity contribution < 1.29 is 4.79 Å². The molecule has 1 aromatic carbocycles. The Labute approximate surface area is 117 Å². The summed E-state index contributed by atoms with van der Waals surface area (Å²) in [5, 5.41) is 0.571. The van der Waals surface area contributed by atoms with Gasteiger partial charge >= 0.3 is 0 Å². The molecule has 0 bridgehead atoms. The van der Waals surface area contributed by atoms with Gasteiger partial charge in [0.2, 0.25) is 0 Å². The van der Waals surface area contributed by atoms with E-state index in [9.17, 15) is 4.79 Å². The van der Waals surface area contributed by atoms with Gasteiger partial charge in [0.25, 0.3) is 5.91 Å². The van der Waals surface area contributed by atoms with Crippen LogP contribution in [-0.4, -0.2) is 23.4 Å². The predicted octanol–water partition coefficient (Wildman–Crippen LogP) is 3.61. The van der Waals surface area contributed by atoms with Crippen LogP contribution >= 0.6 is 23.2 Å². The van der Waals surface area contributed by atoms with Crippen LogP contribution in [0.1, 0.15) is 24.2 Å². The van der Waals surface area contributed by atoms with E-state index >= 15 is 0 Å². The van der Waals surface area contributed by atoms with E-state index < -0.39 is 0 Å². The standard InChI is InChI=1S/C13H16Cl2N2O/c1-4-5-17(8(2)3)13(18)9-6-10(14)12(16)11(15)7-9/h4,6-8H,1,5,16H2,2-3H3. The summed E-state index contributed by atoms with van der Waals surface area (Å²) < 4.78 is 0. The largest absolute Gasteiger partial charge is 0.396 e. The third-order valence-electron chi connectivity index (χ3n) is 2.54. The van der Waals surface area contributed by atoms with Crippen molar-refractivity contribution in [3.05, 3.63) is 40.4 Å². The maximum absolute atomic E-state index is 12.3. The molecule has 1 rings (SSSR count). The Morgan fingerprint density at radius 2 is 1.94 bits per heavy atom. The molecule has 0 aliphatic rings. The average molecular weight is 287 g/mol. The molecular formula is C13H16Cl2N2O. The number of amides is 1. The van der Waals surface area contributed by atoms with E-state index in [1.807, 2.05) is 13.8 Å². The molecule has 0 heterocycles. The van der Waals surface area contributed by atoms with Gasteiger partial charge in [0.05, 0.1) is 15.7 Å². The van der Waals surface area contributed by atoms with Crippen LogP contribution in [0.15, 0.2) is 24.8 Å². The van der Waals surface area contributed by atoms with E-state index in [1.165, 1.54) is 12.1 Å². The van der Waals surface area contributed by atoms with Crippen molar-refractivity contribution in [1.29, 1.82) is 0 Å². The van der Waals surface area contributed by atoms with E-state index in [-0.39, 0.29) is 27.7 Å². The molecule has 0 spiro atoms. The quantitative estimate of drug-likeness (QED) is 0.679. The van der Waals surface area contributed by atoms with E-state index in [0.717, 1.165) is 0 Å². The lowest BCUT2D eigenvalue weighted by molar-refractivity contribution is 0.0729. The van der Waals surface area contributed by atoms with Gasteiger partial charge in [0.1, 0.15) is 0 Å². The van der Waals surface area contributed by atoms with Crippen molar-refractivity contribution in [3.63, 3.8) is 0 Å². The zero-order valence-electron chi connectivity index (χ0n) is 10.4. The highest BCUT2D eigenvalue weighted by atomic mass is 35.5. The fourth-order valence-corrected chi connectivity index (χ4v) is 2.03. The van der Waals surface area contributed by atoms with Gasteiger partial charge in [-0.25, -0.2) is 0 Å². The first kappa shape index (κ1) is 14.9. The molecule has 1 amide bonds. The Balaban J connectivity index is 3.13. The van der Waals surface area contributed by atoms with Gasteiger partial charge in [-0.05, 0) is 26.0 Å². The second-order valence-electron chi connectivity index (χ2n) is 4.19. The molecular weight excluding hydrogens is 271 g/mol. The van der Waals surface area contributed by atoms with Gasteiger partial charge in [-0.2, -0.15) is 0 Å². The minimum Gasteiger partial charge on any atom is -0.396 e. The van der Waals surface area contributed by atoms with Crippen LogP contribution in [-0.2, 0) is 0 Å². The molecule has 0 radical (unpaired) electrons. The van der Waals surface area contributed by atoms with Crippen LogP contribution in [0.5, 0.6) is 0 Å². The van der Waals surface area contributed by atoms with Crippen LogP contribution in [0.3, 0.4) is 0 Å². The molecule has 1 aromatic rings. The molecule has 0 aromatic heterocycles. The minimum absolute atomic E-state index is 0.0607. The molecule has 0 fully saturated rings. The number of benzene rings is 1. The SMILES string of the molecule is C=CCN(C(=O)c1cc(Cl)c(N)c(Cl)c1)C(C)C. The Hall–Kier alpha value is -1.19. The number of nitrogens with two attached hydrogens (primary N) is 1. The number of rotatable bonds is 4. The molecule has 2 N–H and O–H groups in total. The van der Waals surface area contributed by atoms with Crippen LogP contribution in [0.4, 0.5) is 5.69 Å². The molecule has 18 heavy (non-hydrogen) atoms. The topological polar surface area (TPSA) is 46.3 Å². The number of carbonyl (C=O) groups is 1. The van der Waals surface area contributed by atoms with Crippen molar-refractivity contribution in [3.8, 4) is 0 Å². The highest BCUT2D eigenvalue weighted by molar-refractivity contribution is 6.39. The highest BCUT2D eigenvalue weighted by Crippen LogP contribution is 2.29. The highest BCUT2D eigenvalue weighted by Gasteiger charge is 2.19. The average Bonchev–Trinajstić information content (AvgIpc) is 2.31. The van der Waals surface area contributed by atoms with Crippen molar-refractivity contribution >= 4 is 34.8 Å². The lowest BCUT2D eigenvalue weighted by Crippen LogP contribution is -2.37. The van der Waals surface area contributed by atoms with Gasteiger partial charge < -0.3 is 10.6 Å². The first-order valence-electron chi connectivity index (χ1n) is 5.54. The van der Waals surface area contributed by atoms with Gasteiger partial charge in [-0.3, -0.25) is 4.79 Å². The first-order chi connectivity index (χ1) is 8.38. The summed E-state index contributed by atoms with van der Waals surface area (Å²) in [6.45, 7) is 7.98. The summed E-state index contributed by atoms with van der Waals surface area (Å²) in [4.78, 5) is 14.0. The number of nitrogen functional groups attached to an aromatic ring is 1. The number of hydrogen-bond donors (Lipinski definition) is 1. The van der Waals surface area contributed by atoms with E-state index in [4.69, 9.17) is 28.9 Å². The number of anilines is 1. The number of carbonyl (C=O) groups excluding carboxylic acids is 1. The van der Waals surface area contributed by atoms with Crippen molar-refractivity contribution in [2.24, 2.45) is 0 Å². The fourth-order valence-electron chi connectivity index (χ4n) is 1.54. The molecule has 98 valence electrons. The third-order valence-corrected chi connectivity index (χ3v) is 3.16. The smallest absolute Gasteiger partial charge is 0.254 e. The zero-order valence-corrected chi connectivity index (χ0v) is 11.9. The first-order valence-corrected chi connectivity index (χ1v) is 6.30. The summed E-state index contributed by atoms with van der Waals surface area (Å²) in [5.41, 5.74) is 6.35. The summed E-state index contributed by atoms with van der Waals surface area (Å²) in [7, 11) is 0. The monoisotopic (exact) mass is 286 g/mol. The van der Waals surface area contributed by atoms with Crippen molar-refractivity contribution in [1.82, 2.24) is 4.90 Å². The summed E-state index contributed by atoms with van der Waals surface area (Å²) in [6, 6.07) is 3.12. The van der Waals surface area contributed by atoms with Crippen LogP contribution in [0, 0.1) is 0 Å². The second-order valence-corrected chi connectivity index (χ2v) is 5.01. The maximum atomic E-state index is 12.3. The summed E-state index contributed by atoms with van der Waals surface area (Å²) in [6.07, 6.45) is 1.68. The normalized spacial score (nSPS) is 10.5. The zero-order chi connectivity index (χ0) is 13.9. The molecule has 5 heteroatoms. The lowest BCUT2D eigenvalue weighted by atomic mass is 10.1. The Bertz CT molecular complexity index is 449. The van der Waals surface area contributed by atoms with Crippen LogP contribution in [0.2, 0.25) is 10.0 Å². The van der Waals surface area contributed by atoms with Gasteiger partial charge in [-0.15, -0.1) is 6.58 Å². The predicted molar refractivity (Wildman–Crippen MR) is 77.2 cm³/mol. The van der Waals surface area contributed by atoms with E-state index in [1.54, 1.807) is 11.0 Å². The van der Waals surface area contributed by atoms with E-state index in [2.05, 4.69) is 6.58 Å². The third kappa shape index (κ3) is 3.18. The molecule has 0 saturated carbocycles. The summed E-state index contributed by atoms with van der Waals surface area (Å²) >= 11 is 11.8. The molecule has 3 nitrogen and oxygen atoms in total. The van der Waals surface area contributed by atoms with Gasteiger partial charge in [0, 0.05) is 18.2 Å². The van der Waals surface area contributed by atoms with Crippen LogP contribution < -0.4 is 5.73 Å². The Morgan fingerprint density at radius 1 is 1.44 bits per heavy atom. The van der Waals surface area contributed by atoms with Gasteiger partial charge in [-0.1, -0.05) is 29.3 Å². The fraction of sp³-hybridized carbons (Fsp3) is 0.308. The minimum atomic E-state index is -0.145. The van der Waals surface area contributed by atoms with Gasteiger partial charge in [0.15, 0.2) is 0 Å². The van der Waals surface area contributed by atoms with Crippen molar-refractivity contribution in [2.75, 3.05) is 12.3 Å². The molecule has 0 aliphatic heterocycles. The molecule has 0 saturated heterocycles. The molecule has 0 atom stereocenters.